The molecule has 0 radical (unpaired) electrons. The number of thiophene rings is 1. The van der Waals surface area contributed by atoms with Gasteiger partial charge in [0.2, 0.25) is 0 Å². The zero-order valence-electron chi connectivity index (χ0n) is 8.52. The van der Waals surface area contributed by atoms with Gasteiger partial charge >= 0.3 is 0 Å². The van der Waals surface area contributed by atoms with E-state index in [1.54, 1.807) is 4.88 Å². The van der Waals surface area contributed by atoms with Crippen molar-refractivity contribution in [1.29, 1.82) is 0 Å². The number of para-hydroxylation sites is 1. The minimum atomic E-state index is 1.07. The van der Waals surface area contributed by atoms with Gasteiger partial charge in [0.1, 0.15) is 0 Å². The van der Waals surface area contributed by atoms with Gasteiger partial charge in [0.25, 0.3) is 0 Å². The lowest BCUT2D eigenvalue weighted by Gasteiger charge is -2.28. The van der Waals surface area contributed by atoms with Crippen molar-refractivity contribution in [3.05, 3.63) is 52.2 Å². The van der Waals surface area contributed by atoms with Gasteiger partial charge < -0.3 is 4.90 Å². The van der Waals surface area contributed by atoms with Gasteiger partial charge in [0, 0.05) is 23.7 Å². The van der Waals surface area contributed by atoms with Crippen LogP contribution < -0.4 is 4.90 Å². The minimum Gasteiger partial charge on any atom is -0.367 e. The maximum Gasteiger partial charge on any atom is 0.0440 e. The van der Waals surface area contributed by atoms with Crippen LogP contribution in [0.15, 0.2) is 41.8 Å². The molecule has 0 aliphatic carbocycles. The van der Waals surface area contributed by atoms with Gasteiger partial charge in [0.05, 0.1) is 0 Å². The SMILES string of the molecule is c1ccc(N2CCc3sccc3C2)cc1. The molecule has 0 saturated carbocycles. The number of benzene rings is 1. The zero-order valence-corrected chi connectivity index (χ0v) is 9.33. The second-order valence-electron chi connectivity index (χ2n) is 3.88. The molecule has 0 amide bonds. The van der Waals surface area contributed by atoms with E-state index in [0.29, 0.717) is 0 Å². The summed E-state index contributed by atoms with van der Waals surface area (Å²) in [7, 11) is 0. The average molecular weight is 215 g/mol. The molecule has 1 nitrogen and oxygen atoms in total. The number of rotatable bonds is 1. The van der Waals surface area contributed by atoms with Gasteiger partial charge in [-0.25, -0.2) is 0 Å². The maximum atomic E-state index is 2.45. The van der Waals surface area contributed by atoms with Gasteiger partial charge in [-0.05, 0) is 35.6 Å². The van der Waals surface area contributed by atoms with Crippen LogP contribution in [0.1, 0.15) is 10.4 Å². The molecule has 1 aliphatic rings. The standard InChI is InChI=1S/C13H13NS/c1-2-4-12(5-3-1)14-8-6-13-11(10-14)7-9-15-13/h1-5,7,9H,6,8,10H2. The molecule has 2 heterocycles. The molecule has 76 valence electrons. The second kappa shape index (κ2) is 3.70. The van der Waals surface area contributed by atoms with Crippen LogP contribution >= 0.6 is 11.3 Å². The Morgan fingerprint density at radius 2 is 1.93 bits per heavy atom. The molecule has 0 fully saturated rings. The first-order valence-corrected chi connectivity index (χ1v) is 6.17. The molecular formula is C13H13NS. The smallest absolute Gasteiger partial charge is 0.0440 e. The van der Waals surface area contributed by atoms with Crippen LogP contribution in [0.25, 0.3) is 0 Å². The molecule has 0 unspecified atom stereocenters. The van der Waals surface area contributed by atoms with Crippen molar-refractivity contribution in [3.63, 3.8) is 0 Å². The largest absolute Gasteiger partial charge is 0.367 e. The fourth-order valence-electron chi connectivity index (χ4n) is 2.11. The molecular weight excluding hydrogens is 202 g/mol. The molecule has 0 bridgehead atoms. The summed E-state index contributed by atoms with van der Waals surface area (Å²) in [4.78, 5) is 4.02. The van der Waals surface area contributed by atoms with Crippen LogP contribution in [0.4, 0.5) is 5.69 Å². The van der Waals surface area contributed by atoms with Gasteiger partial charge in [-0.2, -0.15) is 0 Å². The van der Waals surface area contributed by atoms with E-state index in [0.717, 1.165) is 13.1 Å². The van der Waals surface area contributed by atoms with Crippen LogP contribution in [-0.2, 0) is 13.0 Å². The molecule has 1 aliphatic heterocycles. The van der Waals surface area contributed by atoms with Crippen molar-refractivity contribution in [2.24, 2.45) is 0 Å². The summed E-state index contributed by atoms with van der Waals surface area (Å²) < 4.78 is 0. The lowest BCUT2D eigenvalue weighted by Crippen LogP contribution is -2.29. The lowest BCUT2D eigenvalue weighted by molar-refractivity contribution is 0.744. The normalized spacial score (nSPS) is 15.1. The monoisotopic (exact) mass is 215 g/mol. The Morgan fingerprint density at radius 3 is 2.80 bits per heavy atom. The van der Waals surface area contributed by atoms with E-state index in [1.165, 1.54) is 17.7 Å². The first kappa shape index (κ1) is 8.98. The van der Waals surface area contributed by atoms with Crippen molar-refractivity contribution >= 4 is 17.0 Å². The fraction of sp³-hybridized carbons (Fsp3) is 0.231. The molecule has 0 N–H and O–H groups in total. The summed E-state index contributed by atoms with van der Waals surface area (Å²) in [6, 6.07) is 12.9. The second-order valence-corrected chi connectivity index (χ2v) is 4.88. The molecule has 0 atom stereocenters. The molecule has 1 aromatic heterocycles. The number of hydrogen-bond donors (Lipinski definition) is 0. The number of fused-ring (bicyclic) bond motifs is 1. The Bertz CT molecular complexity index is 447. The Hall–Kier alpha value is -1.28. The first-order valence-electron chi connectivity index (χ1n) is 5.29. The van der Waals surface area contributed by atoms with Gasteiger partial charge in [0.15, 0.2) is 0 Å². The zero-order chi connectivity index (χ0) is 10.1. The van der Waals surface area contributed by atoms with E-state index in [-0.39, 0.29) is 0 Å². The van der Waals surface area contributed by atoms with E-state index in [1.807, 2.05) is 11.3 Å². The highest BCUT2D eigenvalue weighted by atomic mass is 32.1. The Balaban J connectivity index is 1.88. The molecule has 0 spiro atoms. The number of nitrogens with zero attached hydrogens (tertiary/aromatic N) is 1. The van der Waals surface area contributed by atoms with Crippen molar-refractivity contribution < 1.29 is 0 Å². The van der Waals surface area contributed by atoms with Crippen LogP contribution in [0.2, 0.25) is 0 Å². The van der Waals surface area contributed by atoms with Gasteiger partial charge in [-0.3, -0.25) is 0 Å². The quantitative estimate of drug-likeness (QED) is 0.705. The molecule has 2 heteroatoms. The lowest BCUT2D eigenvalue weighted by atomic mass is 10.1. The van der Waals surface area contributed by atoms with E-state index < -0.39 is 0 Å². The third-order valence-electron chi connectivity index (χ3n) is 2.93. The summed E-state index contributed by atoms with van der Waals surface area (Å²) in [5.74, 6) is 0. The molecule has 0 saturated heterocycles. The van der Waals surface area contributed by atoms with E-state index in [2.05, 4.69) is 46.7 Å². The predicted molar refractivity (Wildman–Crippen MR) is 65.5 cm³/mol. The van der Waals surface area contributed by atoms with E-state index >= 15 is 0 Å². The molecule has 3 rings (SSSR count). The summed E-state index contributed by atoms with van der Waals surface area (Å²) in [6.07, 6.45) is 1.20. The maximum absolute atomic E-state index is 2.45. The van der Waals surface area contributed by atoms with Crippen molar-refractivity contribution in [2.45, 2.75) is 13.0 Å². The minimum absolute atomic E-state index is 1.07. The third kappa shape index (κ3) is 1.65. The fourth-order valence-corrected chi connectivity index (χ4v) is 3.00. The van der Waals surface area contributed by atoms with E-state index in [4.69, 9.17) is 0 Å². The molecule has 2 aromatic rings. The Morgan fingerprint density at radius 1 is 1.07 bits per heavy atom. The predicted octanol–water partition coefficient (Wildman–Crippen LogP) is 3.31. The number of hydrogen-bond acceptors (Lipinski definition) is 2. The molecule has 1 aromatic carbocycles. The average Bonchev–Trinajstić information content (AvgIpc) is 2.77. The van der Waals surface area contributed by atoms with Crippen molar-refractivity contribution in [1.82, 2.24) is 0 Å². The summed E-state index contributed by atoms with van der Waals surface area (Å²) >= 11 is 1.90. The Kier molecular flexibility index (Phi) is 2.22. The molecule has 15 heavy (non-hydrogen) atoms. The van der Waals surface area contributed by atoms with Gasteiger partial charge in [-0.15, -0.1) is 11.3 Å². The summed E-state index contributed by atoms with van der Waals surface area (Å²) in [5, 5.41) is 2.21. The highest BCUT2D eigenvalue weighted by Crippen LogP contribution is 2.27. The van der Waals surface area contributed by atoms with Crippen molar-refractivity contribution in [3.8, 4) is 0 Å². The third-order valence-corrected chi connectivity index (χ3v) is 3.95. The topological polar surface area (TPSA) is 3.24 Å². The van der Waals surface area contributed by atoms with Gasteiger partial charge in [-0.1, -0.05) is 18.2 Å². The summed E-state index contributed by atoms with van der Waals surface area (Å²) in [6.45, 7) is 2.22. The Labute approximate surface area is 94.0 Å². The highest BCUT2D eigenvalue weighted by Gasteiger charge is 2.16. The van der Waals surface area contributed by atoms with E-state index in [9.17, 15) is 0 Å². The number of anilines is 1. The van der Waals surface area contributed by atoms with Crippen LogP contribution in [0.3, 0.4) is 0 Å². The first-order chi connectivity index (χ1) is 7.43. The van der Waals surface area contributed by atoms with Crippen LogP contribution in [0.5, 0.6) is 0 Å². The van der Waals surface area contributed by atoms with Crippen molar-refractivity contribution in [2.75, 3.05) is 11.4 Å². The van der Waals surface area contributed by atoms with Crippen LogP contribution in [0, 0.1) is 0 Å². The summed E-state index contributed by atoms with van der Waals surface area (Å²) in [5.41, 5.74) is 2.85. The van der Waals surface area contributed by atoms with Crippen LogP contribution in [-0.4, -0.2) is 6.54 Å². The highest BCUT2D eigenvalue weighted by molar-refractivity contribution is 7.10.